The van der Waals surface area contributed by atoms with Crippen LogP contribution in [0.1, 0.15) is 48.4 Å². The molecule has 2 aromatic rings. The highest BCUT2D eigenvalue weighted by Gasteiger charge is 2.34. The molecule has 0 bridgehead atoms. The molecule has 0 spiro atoms. The molecule has 0 N–H and O–H groups in total. The maximum Gasteiger partial charge on any atom is 0.326 e. The number of ether oxygens (including phenoxy) is 1. The van der Waals surface area contributed by atoms with Crippen molar-refractivity contribution in [3.05, 3.63) is 33.4 Å². The third-order valence-corrected chi connectivity index (χ3v) is 4.31. The molecule has 0 saturated heterocycles. The minimum absolute atomic E-state index is 0.127. The second kappa shape index (κ2) is 6.70. The third-order valence-electron chi connectivity index (χ3n) is 4.31. The second-order valence-corrected chi connectivity index (χ2v) is 6.16. The van der Waals surface area contributed by atoms with Crippen molar-refractivity contribution in [3.8, 4) is 0 Å². The summed E-state index contributed by atoms with van der Waals surface area (Å²) in [5.41, 5.74) is 1.45. The highest BCUT2D eigenvalue weighted by molar-refractivity contribution is 5.97. The maximum atomic E-state index is 12.8. The lowest BCUT2D eigenvalue weighted by molar-refractivity contribution is -0.143. The fourth-order valence-electron chi connectivity index (χ4n) is 3.16. The van der Waals surface area contributed by atoms with Crippen LogP contribution in [0.3, 0.4) is 0 Å². The van der Waals surface area contributed by atoms with Gasteiger partial charge < -0.3 is 14.2 Å². The van der Waals surface area contributed by atoms with Crippen LogP contribution in [-0.2, 0) is 22.6 Å². The van der Waals surface area contributed by atoms with Gasteiger partial charge in [-0.15, -0.1) is 0 Å². The van der Waals surface area contributed by atoms with Gasteiger partial charge in [0.15, 0.2) is 0 Å². The van der Waals surface area contributed by atoms with Crippen LogP contribution < -0.4 is 5.56 Å². The van der Waals surface area contributed by atoms with Gasteiger partial charge in [0.25, 0.3) is 11.5 Å². The highest BCUT2D eigenvalue weighted by atomic mass is 16.5. The Bertz CT molecular complexity index is 896. The van der Waals surface area contributed by atoms with Crippen molar-refractivity contribution in [3.63, 3.8) is 0 Å². The molecule has 3 rings (SSSR count). The smallest absolute Gasteiger partial charge is 0.326 e. The molecule has 1 amide bonds. The maximum absolute atomic E-state index is 12.8. The van der Waals surface area contributed by atoms with Gasteiger partial charge in [0.05, 0.1) is 24.4 Å². The number of esters is 1. The summed E-state index contributed by atoms with van der Waals surface area (Å²) in [6, 6.07) is 1.70. The number of unbranched alkanes of at least 4 members (excludes halogenated alkanes) is 1. The minimum atomic E-state index is -0.450. The Morgan fingerprint density at radius 2 is 2.08 bits per heavy atom. The van der Waals surface area contributed by atoms with Gasteiger partial charge in [-0.25, -0.2) is 0 Å². The number of carbonyl (C=O) groups is 2. The fraction of sp³-hybridized carbons (Fsp3) is 0.529. The summed E-state index contributed by atoms with van der Waals surface area (Å²) in [7, 11) is 0. The Kier molecular flexibility index (Phi) is 4.61. The Balaban J connectivity index is 2.15. The molecular weight excluding hydrogens is 324 g/mol. The summed E-state index contributed by atoms with van der Waals surface area (Å²) in [4.78, 5) is 39.3. The zero-order valence-electron chi connectivity index (χ0n) is 14.7. The van der Waals surface area contributed by atoms with Gasteiger partial charge in [0.2, 0.25) is 0 Å². The normalized spacial score (nSPS) is 13.6. The molecular formula is C17H22N4O4. The van der Waals surface area contributed by atoms with Crippen LogP contribution in [0.4, 0.5) is 0 Å². The molecule has 1 aliphatic rings. The van der Waals surface area contributed by atoms with Crippen LogP contribution >= 0.6 is 0 Å². The summed E-state index contributed by atoms with van der Waals surface area (Å²) in [5.74, 6) is -0.667. The topological polar surface area (TPSA) is 85.9 Å². The first kappa shape index (κ1) is 17.2. The average Bonchev–Trinajstić information content (AvgIpc) is 3.11. The van der Waals surface area contributed by atoms with Gasteiger partial charge >= 0.3 is 5.97 Å². The molecule has 134 valence electrons. The lowest BCUT2D eigenvalue weighted by atomic mass is 10.2. The predicted octanol–water partition coefficient (Wildman–Crippen LogP) is 1.12. The average molecular weight is 346 g/mol. The van der Waals surface area contributed by atoms with Crippen molar-refractivity contribution in [2.75, 3.05) is 13.2 Å². The first-order valence-corrected chi connectivity index (χ1v) is 8.54. The number of nitrogens with zero attached hydrogens (tertiary/aromatic N) is 4. The van der Waals surface area contributed by atoms with Gasteiger partial charge in [0.1, 0.15) is 17.9 Å². The summed E-state index contributed by atoms with van der Waals surface area (Å²) in [6.45, 7) is 6.51. The van der Waals surface area contributed by atoms with E-state index in [0.29, 0.717) is 23.4 Å². The Morgan fingerprint density at radius 1 is 1.32 bits per heavy atom. The summed E-state index contributed by atoms with van der Waals surface area (Å²) in [5, 5.41) is 4.22. The lowest BCUT2D eigenvalue weighted by Crippen LogP contribution is -2.29. The van der Waals surface area contributed by atoms with Crippen molar-refractivity contribution < 1.29 is 14.3 Å². The predicted molar refractivity (Wildman–Crippen MR) is 90.5 cm³/mol. The van der Waals surface area contributed by atoms with Crippen LogP contribution in [0.2, 0.25) is 0 Å². The minimum Gasteiger partial charge on any atom is -0.465 e. The Labute approximate surface area is 145 Å². The van der Waals surface area contributed by atoms with E-state index in [1.54, 1.807) is 29.4 Å². The van der Waals surface area contributed by atoms with Crippen molar-refractivity contribution >= 4 is 17.5 Å². The zero-order chi connectivity index (χ0) is 18.1. The van der Waals surface area contributed by atoms with Gasteiger partial charge in [-0.2, -0.15) is 9.61 Å². The Hall–Kier alpha value is -2.64. The third kappa shape index (κ3) is 2.92. The van der Waals surface area contributed by atoms with Crippen molar-refractivity contribution in [2.45, 2.75) is 46.7 Å². The van der Waals surface area contributed by atoms with Gasteiger partial charge in [0, 0.05) is 12.6 Å². The van der Waals surface area contributed by atoms with Crippen LogP contribution in [-0.4, -0.2) is 44.1 Å². The molecule has 3 heterocycles. The molecule has 0 unspecified atom stereocenters. The van der Waals surface area contributed by atoms with E-state index in [-0.39, 0.29) is 36.9 Å². The molecule has 0 aliphatic carbocycles. The van der Waals surface area contributed by atoms with E-state index in [4.69, 9.17) is 4.74 Å². The highest BCUT2D eigenvalue weighted by Crippen LogP contribution is 2.23. The number of hydrogen-bond acceptors (Lipinski definition) is 5. The molecule has 0 fully saturated rings. The van der Waals surface area contributed by atoms with E-state index < -0.39 is 5.97 Å². The van der Waals surface area contributed by atoms with E-state index >= 15 is 0 Å². The van der Waals surface area contributed by atoms with Crippen molar-refractivity contribution in [2.24, 2.45) is 0 Å². The molecule has 0 aromatic carbocycles. The number of hydrogen-bond donors (Lipinski definition) is 0. The molecule has 25 heavy (non-hydrogen) atoms. The zero-order valence-corrected chi connectivity index (χ0v) is 14.7. The number of fused-ring (bicyclic) bond motifs is 2. The van der Waals surface area contributed by atoms with Gasteiger partial charge in [-0.05, 0) is 20.3 Å². The van der Waals surface area contributed by atoms with Crippen LogP contribution in [0.25, 0.3) is 5.65 Å². The largest absolute Gasteiger partial charge is 0.465 e. The molecule has 0 radical (unpaired) electrons. The summed E-state index contributed by atoms with van der Waals surface area (Å²) >= 11 is 0. The van der Waals surface area contributed by atoms with E-state index in [2.05, 4.69) is 5.10 Å². The van der Waals surface area contributed by atoms with Crippen molar-refractivity contribution in [1.82, 2.24) is 19.1 Å². The van der Waals surface area contributed by atoms with Crippen LogP contribution in [0.5, 0.6) is 0 Å². The van der Waals surface area contributed by atoms with Crippen LogP contribution in [0.15, 0.2) is 10.9 Å². The molecule has 8 heteroatoms. The lowest BCUT2D eigenvalue weighted by Gasteiger charge is -2.15. The molecule has 8 nitrogen and oxygen atoms in total. The van der Waals surface area contributed by atoms with Crippen molar-refractivity contribution in [1.29, 1.82) is 0 Å². The molecule has 1 aliphatic heterocycles. The van der Waals surface area contributed by atoms with E-state index in [9.17, 15) is 14.4 Å². The first-order chi connectivity index (χ1) is 12.0. The SMILES string of the molecule is CCCCN1Cc2c(n(CC(=O)OCC)c3cc(C)nn3c2=O)C1=O. The quantitative estimate of drug-likeness (QED) is 0.732. The van der Waals surface area contributed by atoms with E-state index in [1.807, 2.05) is 6.92 Å². The fourth-order valence-corrected chi connectivity index (χ4v) is 3.16. The summed E-state index contributed by atoms with van der Waals surface area (Å²) < 4.78 is 7.85. The number of aryl methyl sites for hydroxylation is 1. The van der Waals surface area contributed by atoms with E-state index in [0.717, 1.165) is 12.8 Å². The molecule has 0 atom stereocenters. The summed E-state index contributed by atoms with van der Waals surface area (Å²) in [6.07, 6.45) is 1.82. The van der Waals surface area contributed by atoms with Crippen LogP contribution in [0, 0.1) is 6.92 Å². The van der Waals surface area contributed by atoms with Gasteiger partial charge in [-0.1, -0.05) is 13.3 Å². The monoisotopic (exact) mass is 346 g/mol. The van der Waals surface area contributed by atoms with Gasteiger partial charge in [-0.3, -0.25) is 14.4 Å². The number of aromatic nitrogens is 3. The Morgan fingerprint density at radius 3 is 2.76 bits per heavy atom. The molecule has 0 saturated carbocycles. The number of rotatable bonds is 6. The van der Waals surface area contributed by atoms with E-state index in [1.165, 1.54) is 4.52 Å². The second-order valence-electron chi connectivity index (χ2n) is 6.16. The number of amides is 1. The first-order valence-electron chi connectivity index (χ1n) is 8.54. The standard InChI is InChI=1S/C17H22N4O4/c1-4-6-7-19-9-12-15(17(19)24)20(10-14(22)25-5-2)13-8-11(3)18-21(13)16(12)23/h8H,4-7,9-10H2,1-3H3. The number of carbonyl (C=O) groups excluding carboxylic acids is 2. The molecule has 2 aromatic heterocycles.